The molecule has 0 saturated heterocycles. The van der Waals surface area contributed by atoms with Crippen LogP contribution in [0.3, 0.4) is 0 Å². The Bertz CT molecular complexity index is 1060. The average Bonchev–Trinajstić information content (AvgIpc) is 2.83. The summed E-state index contributed by atoms with van der Waals surface area (Å²) in [6.07, 6.45) is 0.0134. The van der Waals surface area contributed by atoms with Crippen molar-refractivity contribution >= 4 is 11.8 Å². The quantitative estimate of drug-likeness (QED) is 0.316. The number of hydrogen-bond acceptors (Lipinski definition) is 6. The standard InChI is InChI=1S/C26H26O7/c1-31-24(26(29)30)16-18-8-10-20(11-9-18)32-14-5-15-33-21-12-13-22(23(27)17-21)25(28)19-6-3-2-4-7-19/h2-4,6-13,17,24,27H,5,14-16H2,1H3,(H,29,30)/t24-/m0/s1. The van der Waals surface area contributed by atoms with Crippen molar-refractivity contribution in [1.82, 2.24) is 0 Å². The Morgan fingerprint density at radius 1 is 0.879 bits per heavy atom. The average molecular weight is 450 g/mol. The van der Waals surface area contributed by atoms with Gasteiger partial charge in [-0.3, -0.25) is 4.79 Å². The summed E-state index contributed by atoms with van der Waals surface area (Å²) >= 11 is 0. The summed E-state index contributed by atoms with van der Waals surface area (Å²) in [6, 6.07) is 20.6. The molecule has 2 N–H and O–H groups in total. The van der Waals surface area contributed by atoms with Crippen LogP contribution in [0.2, 0.25) is 0 Å². The minimum atomic E-state index is -0.997. The van der Waals surface area contributed by atoms with Gasteiger partial charge in [0.25, 0.3) is 0 Å². The van der Waals surface area contributed by atoms with E-state index in [0.717, 1.165) is 5.56 Å². The molecule has 0 saturated carbocycles. The lowest BCUT2D eigenvalue weighted by molar-refractivity contribution is -0.148. The third kappa shape index (κ3) is 6.82. The molecule has 1 atom stereocenters. The second-order valence-electron chi connectivity index (χ2n) is 7.34. The van der Waals surface area contributed by atoms with E-state index in [9.17, 15) is 14.7 Å². The molecule has 0 unspecified atom stereocenters. The molecule has 0 aromatic heterocycles. The molecule has 0 amide bonds. The van der Waals surface area contributed by atoms with Gasteiger partial charge in [0.15, 0.2) is 11.9 Å². The van der Waals surface area contributed by atoms with Gasteiger partial charge in [0.1, 0.15) is 17.2 Å². The van der Waals surface area contributed by atoms with Crippen molar-refractivity contribution in [1.29, 1.82) is 0 Å². The molecular weight excluding hydrogens is 424 g/mol. The van der Waals surface area contributed by atoms with Crippen LogP contribution < -0.4 is 9.47 Å². The second kappa shape index (κ2) is 11.7. The predicted octanol–water partition coefficient (Wildman–Crippen LogP) is 4.11. The first-order valence-electron chi connectivity index (χ1n) is 10.5. The van der Waals surface area contributed by atoms with Crippen molar-refractivity contribution in [3.05, 3.63) is 89.5 Å². The van der Waals surface area contributed by atoms with Gasteiger partial charge in [0.05, 0.1) is 18.8 Å². The van der Waals surface area contributed by atoms with Crippen molar-refractivity contribution < 1.29 is 34.0 Å². The molecule has 3 aromatic rings. The molecular formula is C26H26O7. The van der Waals surface area contributed by atoms with Crippen LogP contribution >= 0.6 is 0 Å². The number of phenols is 1. The maximum atomic E-state index is 12.5. The highest BCUT2D eigenvalue weighted by atomic mass is 16.5. The van der Waals surface area contributed by atoms with Gasteiger partial charge in [0, 0.05) is 31.6 Å². The zero-order chi connectivity index (χ0) is 23.6. The molecule has 0 spiro atoms. The van der Waals surface area contributed by atoms with Gasteiger partial charge in [-0.05, 0) is 29.8 Å². The van der Waals surface area contributed by atoms with E-state index in [1.54, 1.807) is 48.5 Å². The highest BCUT2D eigenvalue weighted by Crippen LogP contribution is 2.26. The van der Waals surface area contributed by atoms with E-state index in [1.165, 1.54) is 13.2 Å². The first kappa shape index (κ1) is 23.8. The maximum absolute atomic E-state index is 12.5. The zero-order valence-electron chi connectivity index (χ0n) is 18.3. The Morgan fingerprint density at radius 3 is 2.12 bits per heavy atom. The number of benzene rings is 3. The first-order chi connectivity index (χ1) is 16.0. The number of methoxy groups -OCH3 is 1. The van der Waals surface area contributed by atoms with Crippen LogP contribution in [0.15, 0.2) is 72.8 Å². The van der Waals surface area contributed by atoms with Crippen LogP contribution in [0, 0.1) is 0 Å². The lowest BCUT2D eigenvalue weighted by atomic mass is 10.0. The number of hydrogen-bond donors (Lipinski definition) is 2. The maximum Gasteiger partial charge on any atom is 0.333 e. The van der Waals surface area contributed by atoms with Gasteiger partial charge in [-0.15, -0.1) is 0 Å². The summed E-state index contributed by atoms with van der Waals surface area (Å²) in [6.45, 7) is 0.795. The smallest absolute Gasteiger partial charge is 0.333 e. The molecule has 0 aliphatic heterocycles. The minimum absolute atomic E-state index is 0.128. The van der Waals surface area contributed by atoms with Crippen LogP contribution in [0.4, 0.5) is 0 Å². The normalized spacial score (nSPS) is 11.5. The largest absolute Gasteiger partial charge is 0.507 e. The molecule has 0 aliphatic rings. The molecule has 3 rings (SSSR count). The van der Waals surface area contributed by atoms with Crippen molar-refractivity contribution in [2.75, 3.05) is 20.3 Å². The highest BCUT2D eigenvalue weighted by Gasteiger charge is 2.17. The molecule has 0 radical (unpaired) electrons. The molecule has 172 valence electrons. The summed E-state index contributed by atoms with van der Waals surface area (Å²) < 4.78 is 16.3. The number of carboxylic acids is 1. The Labute approximate surface area is 192 Å². The highest BCUT2D eigenvalue weighted by molar-refractivity contribution is 6.10. The fourth-order valence-corrected chi connectivity index (χ4v) is 3.18. The number of ether oxygens (including phenoxy) is 3. The Hall–Kier alpha value is -3.84. The summed E-state index contributed by atoms with van der Waals surface area (Å²) in [7, 11) is 1.37. The van der Waals surface area contributed by atoms with Crippen molar-refractivity contribution in [3.8, 4) is 17.2 Å². The van der Waals surface area contributed by atoms with Gasteiger partial charge in [-0.1, -0.05) is 42.5 Å². The number of aliphatic carboxylic acids is 1. The van der Waals surface area contributed by atoms with Crippen molar-refractivity contribution in [2.24, 2.45) is 0 Å². The van der Waals surface area contributed by atoms with Crippen LogP contribution in [0.25, 0.3) is 0 Å². The SMILES string of the molecule is CO[C@@H](Cc1ccc(OCCCOc2ccc(C(=O)c3ccccc3)c(O)c2)cc1)C(=O)O. The van der Waals surface area contributed by atoms with Crippen LogP contribution in [0.5, 0.6) is 17.2 Å². The molecule has 7 nitrogen and oxygen atoms in total. The number of rotatable bonds is 12. The summed E-state index contributed by atoms with van der Waals surface area (Å²) in [5, 5.41) is 19.3. The van der Waals surface area contributed by atoms with E-state index in [4.69, 9.17) is 19.3 Å². The number of phenolic OH excluding ortho intramolecular Hbond substituents is 1. The molecule has 0 bridgehead atoms. The van der Waals surface area contributed by atoms with E-state index in [1.807, 2.05) is 18.2 Å². The molecule has 7 heteroatoms. The number of carboxylic acid groups (broad SMARTS) is 1. The topological polar surface area (TPSA) is 102 Å². The van der Waals surface area contributed by atoms with Gasteiger partial charge in [-0.25, -0.2) is 4.79 Å². The summed E-state index contributed by atoms with van der Waals surface area (Å²) in [5.41, 5.74) is 1.57. The van der Waals surface area contributed by atoms with E-state index >= 15 is 0 Å². The van der Waals surface area contributed by atoms with Crippen molar-refractivity contribution in [3.63, 3.8) is 0 Å². The number of carbonyl (C=O) groups excluding carboxylic acids is 1. The van der Waals surface area contributed by atoms with Crippen LogP contribution in [0.1, 0.15) is 27.9 Å². The molecule has 3 aromatic carbocycles. The lowest BCUT2D eigenvalue weighted by Crippen LogP contribution is -2.24. The summed E-state index contributed by atoms with van der Waals surface area (Å²) in [4.78, 5) is 23.5. The minimum Gasteiger partial charge on any atom is -0.507 e. The van der Waals surface area contributed by atoms with Gasteiger partial charge >= 0.3 is 5.97 Å². The Morgan fingerprint density at radius 2 is 1.52 bits per heavy atom. The second-order valence-corrected chi connectivity index (χ2v) is 7.34. The third-order valence-corrected chi connectivity index (χ3v) is 4.98. The van der Waals surface area contributed by atoms with Gasteiger partial charge < -0.3 is 24.4 Å². The first-order valence-corrected chi connectivity index (χ1v) is 10.5. The molecule has 0 aliphatic carbocycles. The third-order valence-electron chi connectivity index (χ3n) is 4.98. The van der Waals surface area contributed by atoms with E-state index in [2.05, 4.69) is 0 Å². The molecule has 0 heterocycles. The Balaban J connectivity index is 1.42. The van der Waals surface area contributed by atoms with Gasteiger partial charge in [-0.2, -0.15) is 0 Å². The predicted molar refractivity (Wildman–Crippen MR) is 122 cm³/mol. The van der Waals surface area contributed by atoms with Crippen LogP contribution in [-0.4, -0.2) is 48.4 Å². The van der Waals surface area contributed by atoms with Crippen molar-refractivity contribution in [2.45, 2.75) is 18.9 Å². The fraction of sp³-hybridized carbons (Fsp3) is 0.231. The molecule has 0 fully saturated rings. The Kier molecular flexibility index (Phi) is 8.43. The summed E-state index contributed by atoms with van der Waals surface area (Å²) in [5.74, 6) is -0.239. The fourth-order valence-electron chi connectivity index (χ4n) is 3.18. The van der Waals surface area contributed by atoms with Crippen LogP contribution in [-0.2, 0) is 16.0 Å². The monoisotopic (exact) mass is 450 g/mol. The van der Waals surface area contributed by atoms with E-state index in [0.29, 0.717) is 36.7 Å². The molecule has 33 heavy (non-hydrogen) atoms. The van der Waals surface area contributed by atoms with Gasteiger partial charge in [0.2, 0.25) is 0 Å². The van der Waals surface area contributed by atoms with E-state index < -0.39 is 12.1 Å². The number of carbonyl (C=O) groups is 2. The number of aromatic hydroxyl groups is 1. The lowest BCUT2D eigenvalue weighted by Gasteiger charge is -2.12. The van der Waals surface area contributed by atoms with E-state index in [-0.39, 0.29) is 23.5 Å². The zero-order valence-corrected chi connectivity index (χ0v) is 18.3. The number of ketones is 1.